The molecule has 1 rings (SSSR count). The van der Waals surface area contributed by atoms with E-state index in [-0.39, 0.29) is 6.04 Å². The fraction of sp³-hybridized carbons (Fsp3) is 0.909. The molecule has 0 aliphatic heterocycles. The third kappa shape index (κ3) is 5.21. The zero-order valence-corrected chi connectivity index (χ0v) is 8.96. The number of nitriles is 1. The molecule has 1 N–H and O–H groups in total. The molecule has 1 saturated carbocycles. The summed E-state index contributed by atoms with van der Waals surface area (Å²) in [5.41, 5.74) is 0. The molecule has 80 valence electrons. The zero-order chi connectivity index (χ0) is 10.2. The maximum atomic E-state index is 8.84. The lowest BCUT2D eigenvalue weighted by molar-refractivity contribution is 0.125. The van der Waals surface area contributed by atoms with Crippen LogP contribution in [0.4, 0.5) is 0 Å². The minimum Gasteiger partial charge on any atom is -0.381 e. The first kappa shape index (κ1) is 11.5. The molecule has 0 amide bonds. The summed E-state index contributed by atoms with van der Waals surface area (Å²) < 4.78 is 5.42. The molecule has 0 aromatic heterocycles. The maximum absolute atomic E-state index is 8.84. The highest BCUT2D eigenvalue weighted by atomic mass is 16.5. The highest BCUT2D eigenvalue weighted by Gasteiger charge is 2.24. The summed E-state index contributed by atoms with van der Waals surface area (Å²) in [5, 5.41) is 12.1. The van der Waals surface area contributed by atoms with Crippen LogP contribution in [0, 0.1) is 11.3 Å². The highest BCUT2D eigenvalue weighted by molar-refractivity contribution is 4.95. The van der Waals surface area contributed by atoms with Crippen molar-refractivity contribution in [3.05, 3.63) is 0 Å². The molecule has 1 atom stereocenters. The molecule has 0 saturated heterocycles. The Labute approximate surface area is 86.4 Å². The number of ether oxygens (including phenoxy) is 1. The Morgan fingerprint density at radius 3 is 2.86 bits per heavy atom. The molecule has 3 heteroatoms. The smallest absolute Gasteiger partial charge is 0.0977 e. The molecule has 14 heavy (non-hydrogen) atoms. The molecule has 0 spiro atoms. The second-order valence-corrected chi connectivity index (χ2v) is 3.88. The molecular formula is C11H20N2O. The second-order valence-electron chi connectivity index (χ2n) is 3.88. The predicted octanol–water partition coefficient (Wildman–Crippen LogP) is 1.84. The van der Waals surface area contributed by atoms with E-state index >= 15 is 0 Å². The summed E-state index contributed by atoms with van der Waals surface area (Å²) in [6.45, 7) is 3.69. The van der Waals surface area contributed by atoms with Gasteiger partial charge in [-0.2, -0.15) is 5.26 Å². The molecule has 3 nitrogen and oxygen atoms in total. The van der Waals surface area contributed by atoms with Crippen LogP contribution in [-0.4, -0.2) is 25.3 Å². The standard InChI is InChI=1S/C11H20N2O/c1-2-3-7-14-8-6-11(9-12)13-10-4-5-10/h10-11,13H,2-8H2,1H3. The lowest BCUT2D eigenvalue weighted by Crippen LogP contribution is -2.30. The van der Waals surface area contributed by atoms with Gasteiger partial charge in [-0.3, -0.25) is 5.32 Å². The number of nitrogens with one attached hydrogen (secondary N) is 1. The molecule has 1 unspecified atom stereocenters. The molecule has 1 aliphatic carbocycles. The monoisotopic (exact) mass is 196 g/mol. The average molecular weight is 196 g/mol. The van der Waals surface area contributed by atoms with Gasteiger partial charge in [-0.25, -0.2) is 0 Å². The van der Waals surface area contributed by atoms with Crippen LogP contribution in [0.5, 0.6) is 0 Å². The van der Waals surface area contributed by atoms with Gasteiger partial charge in [0.05, 0.1) is 12.1 Å². The normalized spacial score (nSPS) is 17.7. The SMILES string of the molecule is CCCCOCCC(C#N)NC1CC1. The van der Waals surface area contributed by atoms with Crippen LogP contribution in [0.3, 0.4) is 0 Å². The summed E-state index contributed by atoms with van der Waals surface area (Å²) in [7, 11) is 0. The summed E-state index contributed by atoms with van der Waals surface area (Å²) in [5.74, 6) is 0. The Morgan fingerprint density at radius 1 is 1.50 bits per heavy atom. The first-order valence-electron chi connectivity index (χ1n) is 5.60. The number of hydrogen-bond donors (Lipinski definition) is 1. The summed E-state index contributed by atoms with van der Waals surface area (Å²) in [6.07, 6.45) is 5.57. The first-order chi connectivity index (χ1) is 6.86. The van der Waals surface area contributed by atoms with Gasteiger partial charge in [0.2, 0.25) is 0 Å². The Hall–Kier alpha value is -0.590. The van der Waals surface area contributed by atoms with Gasteiger partial charge in [-0.1, -0.05) is 13.3 Å². The number of nitrogens with zero attached hydrogens (tertiary/aromatic N) is 1. The van der Waals surface area contributed by atoms with E-state index in [4.69, 9.17) is 10.00 Å². The molecule has 0 aromatic carbocycles. The van der Waals surface area contributed by atoms with Crippen LogP contribution in [0.15, 0.2) is 0 Å². The van der Waals surface area contributed by atoms with Crippen molar-refractivity contribution in [3.8, 4) is 6.07 Å². The van der Waals surface area contributed by atoms with Gasteiger partial charge in [0.1, 0.15) is 0 Å². The molecule has 1 fully saturated rings. The Bertz CT molecular complexity index is 184. The largest absolute Gasteiger partial charge is 0.381 e. The topological polar surface area (TPSA) is 45.0 Å². The molecule has 1 aliphatic rings. The fourth-order valence-corrected chi connectivity index (χ4v) is 1.27. The third-order valence-corrected chi connectivity index (χ3v) is 2.36. The van der Waals surface area contributed by atoms with Gasteiger partial charge in [0.25, 0.3) is 0 Å². The van der Waals surface area contributed by atoms with Crippen molar-refractivity contribution in [3.63, 3.8) is 0 Å². The van der Waals surface area contributed by atoms with Crippen LogP contribution >= 0.6 is 0 Å². The zero-order valence-electron chi connectivity index (χ0n) is 8.96. The van der Waals surface area contributed by atoms with Crippen LogP contribution < -0.4 is 5.32 Å². The maximum Gasteiger partial charge on any atom is 0.0977 e. The Morgan fingerprint density at radius 2 is 2.29 bits per heavy atom. The van der Waals surface area contributed by atoms with Crippen molar-refractivity contribution in [1.82, 2.24) is 5.32 Å². The van der Waals surface area contributed by atoms with E-state index in [0.717, 1.165) is 19.4 Å². The molecule has 0 heterocycles. The van der Waals surface area contributed by atoms with Crippen LogP contribution in [0.2, 0.25) is 0 Å². The van der Waals surface area contributed by atoms with Crippen LogP contribution in [0.1, 0.15) is 39.0 Å². The molecular weight excluding hydrogens is 176 g/mol. The van der Waals surface area contributed by atoms with Gasteiger partial charge in [0, 0.05) is 19.3 Å². The lowest BCUT2D eigenvalue weighted by atomic mass is 10.2. The predicted molar refractivity (Wildman–Crippen MR) is 55.9 cm³/mol. The van der Waals surface area contributed by atoms with E-state index in [2.05, 4.69) is 18.3 Å². The first-order valence-corrected chi connectivity index (χ1v) is 5.60. The van der Waals surface area contributed by atoms with Crippen molar-refractivity contribution in [2.24, 2.45) is 0 Å². The number of rotatable bonds is 8. The third-order valence-electron chi connectivity index (χ3n) is 2.36. The second kappa shape index (κ2) is 6.80. The van der Waals surface area contributed by atoms with Crippen molar-refractivity contribution in [2.45, 2.75) is 51.1 Å². The van der Waals surface area contributed by atoms with Crippen LogP contribution in [-0.2, 0) is 4.74 Å². The van der Waals surface area contributed by atoms with E-state index in [1.165, 1.54) is 19.3 Å². The minimum absolute atomic E-state index is 0.0101. The van der Waals surface area contributed by atoms with Crippen LogP contribution in [0.25, 0.3) is 0 Å². The molecule has 0 radical (unpaired) electrons. The van der Waals surface area contributed by atoms with Crippen molar-refractivity contribution in [2.75, 3.05) is 13.2 Å². The number of hydrogen-bond acceptors (Lipinski definition) is 3. The lowest BCUT2D eigenvalue weighted by Gasteiger charge is -2.10. The van der Waals surface area contributed by atoms with E-state index < -0.39 is 0 Å². The Balaban J connectivity index is 1.94. The summed E-state index contributed by atoms with van der Waals surface area (Å²) in [4.78, 5) is 0. The quantitative estimate of drug-likeness (QED) is 0.602. The van der Waals surface area contributed by atoms with Gasteiger partial charge < -0.3 is 4.74 Å². The van der Waals surface area contributed by atoms with E-state index in [1.54, 1.807) is 0 Å². The Kier molecular flexibility index (Phi) is 5.58. The van der Waals surface area contributed by atoms with E-state index in [0.29, 0.717) is 12.6 Å². The van der Waals surface area contributed by atoms with Crippen molar-refractivity contribution in [1.29, 1.82) is 5.26 Å². The van der Waals surface area contributed by atoms with Crippen molar-refractivity contribution >= 4 is 0 Å². The average Bonchev–Trinajstić information content (AvgIpc) is 2.99. The minimum atomic E-state index is -0.0101. The van der Waals surface area contributed by atoms with Gasteiger partial charge in [-0.15, -0.1) is 0 Å². The molecule has 0 aromatic rings. The van der Waals surface area contributed by atoms with Gasteiger partial charge in [-0.05, 0) is 25.7 Å². The molecule has 0 bridgehead atoms. The highest BCUT2D eigenvalue weighted by Crippen LogP contribution is 2.19. The number of unbranched alkanes of at least 4 members (excludes halogenated alkanes) is 1. The van der Waals surface area contributed by atoms with E-state index in [9.17, 15) is 0 Å². The van der Waals surface area contributed by atoms with Gasteiger partial charge >= 0.3 is 0 Å². The fourth-order valence-electron chi connectivity index (χ4n) is 1.27. The van der Waals surface area contributed by atoms with Crippen molar-refractivity contribution < 1.29 is 4.74 Å². The summed E-state index contributed by atoms with van der Waals surface area (Å²) in [6, 6.07) is 2.87. The summed E-state index contributed by atoms with van der Waals surface area (Å²) >= 11 is 0. The van der Waals surface area contributed by atoms with E-state index in [1.807, 2.05) is 0 Å². The van der Waals surface area contributed by atoms with Gasteiger partial charge in [0.15, 0.2) is 0 Å².